The first-order chi connectivity index (χ1) is 11.9. The lowest BCUT2D eigenvalue weighted by Gasteiger charge is -2.10. The number of hydrogen-bond donors (Lipinski definition) is 3. The van der Waals surface area contributed by atoms with Crippen LogP contribution in [0.25, 0.3) is 21.8 Å². The van der Waals surface area contributed by atoms with Crippen molar-refractivity contribution in [1.29, 1.82) is 0 Å². The molecule has 0 bridgehead atoms. The van der Waals surface area contributed by atoms with E-state index in [0.29, 0.717) is 12.2 Å². The van der Waals surface area contributed by atoms with Crippen LogP contribution in [0.2, 0.25) is 0 Å². The molecule has 0 saturated carbocycles. The highest BCUT2D eigenvalue weighted by Gasteiger charge is 2.07. The van der Waals surface area contributed by atoms with Crippen molar-refractivity contribution in [1.82, 2.24) is 9.55 Å². The molecule has 0 aliphatic carbocycles. The van der Waals surface area contributed by atoms with Gasteiger partial charge in [-0.25, -0.2) is 9.59 Å². The van der Waals surface area contributed by atoms with Crippen molar-refractivity contribution >= 4 is 33.7 Å². The number of benzene rings is 1. The highest BCUT2D eigenvalue weighted by atomic mass is 16.4. The van der Waals surface area contributed by atoms with E-state index in [1.165, 1.54) is 16.3 Å². The van der Waals surface area contributed by atoms with Crippen LogP contribution in [0, 0.1) is 0 Å². The quantitative estimate of drug-likeness (QED) is 0.626. The third-order valence-corrected chi connectivity index (χ3v) is 3.36. The minimum Gasteiger partial charge on any atom is -0.478 e. The Morgan fingerprint density at radius 3 is 2.48 bits per heavy atom. The maximum absolute atomic E-state index is 9.55. The van der Waals surface area contributed by atoms with Gasteiger partial charge in [0.15, 0.2) is 0 Å². The first-order valence-corrected chi connectivity index (χ1v) is 7.60. The molecule has 0 amide bonds. The molecule has 7 heteroatoms. The maximum atomic E-state index is 9.55. The summed E-state index contributed by atoms with van der Waals surface area (Å²) >= 11 is 0. The summed E-state index contributed by atoms with van der Waals surface area (Å²) < 4.78 is 2.21. The van der Waals surface area contributed by atoms with Crippen LogP contribution in [0.4, 0.5) is 0 Å². The van der Waals surface area contributed by atoms with Crippen LogP contribution in [0.3, 0.4) is 0 Å². The van der Waals surface area contributed by atoms with Gasteiger partial charge in [-0.15, -0.1) is 0 Å². The molecule has 7 nitrogen and oxygen atoms in total. The Bertz CT molecular complexity index is 912. The van der Waals surface area contributed by atoms with E-state index in [4.69, 9.17) is 15.9 Å². The summed E-state index contributed by atoms with van der Waals surface area (Å²) in [6.07, 6.45) is 5.04. The molecular formula is C18H19N3O4. The van der Waals surface area contributed by atoms with E-state index in [2.05, 4.69) is 40.0 Å². The molecule has 0 aliphatic heterocycles. The first kappa shape index (κ1) is 18.2. The van der Waals surface area contributed by atoms with Gasteiger partial charge in [0, 0.05) is 47.9 Å². The number of rotatable bonds is 4. The Morgan fingerprint density at radius 1 is 1.20 bits per heavy atom. The monoisotopic (exact) mass is 341 g/mol. The second-order valence-electron chi connectivity index (χ2n) is 5.53. The van der Waals surface area contributed by atoms with Gasteiger partial charge in [-0.1, -0.05) is 6.07 Å². The molecule has 1 aromatic carbocycles. The number of pyridine rings is 1. The second kappa shape index (κ2) is 8.07. The van der Waals surface area contributed by atoms with Gasteiger partial charge in [0.1, 0.15) is 0 Å². The SMILES string of the molecule is C[C@@H](N)Cn1ccc2ccc3ncccc3c21.O=C(O)C=CC(=O)O. The van der Waals surface area contributed by atoms with Crippen molar-refractivity contribution < 1.29 is 19.8 Å². The van der Waals surface area contributed by atoms with Crippen LogP contribution >= 0.6 is 0 Å². The second-order valence-corrected chi connectivity index (χ2v) is 5.53. The normalized spacial score (nSPS) is 12.1. The molecule has 2 aromatic heterocycles. The van der Waals surface area contributed by atoms with Gasteiger partial charge >= 0.3 is 11.9 Å². The molecule has 4 N–H and O–H groups in total. The average molecular weight is 341 g/mol. The van der Waals surface area contributed by atoms with Crippen LogP contribution in [0.15, 0.2) is 54.9 Å². The predicted molar refractivity (Wildman–Crippen MR) is 95.3 cm³/mol. The Hall–Kier alpha value is -3.19. The molecule has 0 saturated heterocycles. The number of aromatic nitrogens is 2. The molecule has 3 aromatic rings. The van der Waals surface area contributed by atoms with E-state index in [0.717, 1.165) is 12.1 Å². The number of nitrogens with zero attached hydrogens (tertiary/aromatic N) is 2. The molecule has 1 atom stereocenters. The van der Waals surface area contributed by atoms with E-state index in [1.807, 2.05) is 19.2 Å². The Kier molecular flexibility index (Phi) is 5.86. The third kappa shape index (κ3) is 4.89. The van der Waals surface area contributed by atoms with Crippen molar-refractivity contribution in [3.63, 3.8) is 0 Å². The number of aliphatic carboxylic acids is 2. The van der Waals surface area contributed by atoms with Crippen LogP contribution in [0.1, 0.15) is 6.92 Å². The predicted octanol–water partition coefficient (Wildman–Crippen LogP) is 2.25. The number of hydrogen-bond acceptors (Lipinski definition) is 4. The zero-order valence-electron chi connectivity index (χ0n) is 13.7. The van der Waals surface area contributed by atoms with Gasteiger partial charge in [-0.3, -0.25) is 4.98 Å². The fraction of sp³-hybridized carbons (Fsp3) is 0.167. The van der Waals surface area contributed by atoms with Crippen LogP contribution < -0.4 is 5.73 Å². The molecule has 3 rings (SSSR count). The van der Waals surface area contributed by atoms with Gasteiger partial charge in [-0.2, -0.15) is 0 Å². The summed E-state index contributed by atoms with van der Waals surface area (Å²) in [6, 6.07) is 10.5. The van der Waals surface area contributed by atoms with Gasteiger partial charge in [0.2, 0.25) is 0 Å². The molecule has 0 fully saturated rings. The fourth-order valence-corrected chi connectivity index (χ4v) is 2.46. The largest absolute Gasteiger partial charge is 0.478 e. The van der Waals surface area contributed by atoms with Crippen molar-refractivity contribution in [3.8, 4) is 0 Å². The number of fused-ring (bicyclic) bond motifs is 3. The maximum Gasteiger partial charge on any atom is 0.328 e. The van der Waals surface area contributed by atoms with E-state index in [1.54, 1.807) is 0 Å². The summed E-state index contributed by atoms with van der Waals surface area (Å²) in [7, 11) is 0. The number of carboxylic acids is 2. The number of carbonyl (C=O) groups is 2. The summed E-state index contributed by atoms with van der Waals surface area (Å²) in [5, 5.41) is 18.1. The van der Waals surface area contributed by atoms with E-state index in [9.17, 15) is 9.59 Å². The zero-order valence-corrected chi connectivity index (χ0v) is 13.7. The van der Waals surface area contributed by atoms with Gasteiger partial charge in [0.25, 0.3) is 0 Å². The smallest absolute Gasteiger partial charge is 0.328 e. The zero-order chi connectivity index (χ0) is 18.4. The van der Waals surface area contributed by atoms with Crippen molar-refractivity contribution in [2.24, 2.45) is 5.73 Å². The van der Waals surface area contributed by atoms with Crippen LogP contribution in [-0.2, 0) is 16.1 Å². The standard InChI is InChI=1S/C14H15N3.C4H4O4/c1-10(15)9-17-8-6-11-4-5-13-12(14(11)17)3-2-7-16-13;5-3(6)1-2-4(7)8/h2-8,10H,9,15H2,1H3;1-2H,(H,5,6)(H,7,8)/t10-;/m1./s1. The molecule has 130 valence electrons. The average Bonchev–Trinajstić information content (AvgIpc) is 2.96. The lowest BCUT2D eigenvalue weighted by atomic mass is 10.1. The summed E-state index contributed by atoms with van der Waals surface area (Å²) in [5.74, 6) is -2.51. The first-order valence-electron chi connectivity index (χ1n) is 7.60. The van der Waals surface area contributed by atoms with Gasteiger partial charge in [0.05, 0.1) is 11.0 Å². The van der Waals surface area contributed by atoms with Gasteiger partial charge < -0.3 is 20.5 Å². The topological polar surface area (TPSA) is 118 Å². The van der Waals surface area contributed by atoms with Crippen molar-refractivity contribution in [2.75, 3.05) is 0 Å². The fourth-order valence-electron chi connectivity index (χ4n) is 2.46. The minimum absolute atomic E-state index is 0.150. The molecule has 0 unspecified atom stereocenters. The summed E-state index contributed by atoms with van der Waals surface area (Å²) in [6.45, 7) is 2.85. The van der Waals surface area contributed by atoms with E-state index in [-0.39, 0.29) is 6.04 Å². The van der Waals surface area contributed by atoms with Gasteiger partial charge in [-0.05, 0) is 31.2 Å². The van der Waals surface area contributed by atoms with Crippen LogP contribution in [-0.4, -0.2) is 37.7 Å². The molecule has 0 radical (unpaired) electrons. The highest BCUT2D eigenvalue weighted by molar-refractivity contribution is 6.04. The highest BCUT2D eigenvalue weighted by Crippen LogP contribution is 2.25. The van der Waals surface area contributed by atoms with Crippen LogP contribution in [0.5, 0.6) is 0 Å². The number of nitrogens with two attached hydrogens (primary N) is 1. The lowest BCUT2D eigenvalue weighted by Crippen LogP contribution is -2.21. The van der Waals surface area contributed by atoms with Crippen molar-refractivity contribution in [3.05, 3.63) is 54.9 Å². The molecule has 0 aliphatic rings. The lowest BCUT2D eigenvalue weighted by molar-refractivity contribution is -0.134. The van der Waals surface area contributed by atoms with E-state index < -0.39 is 11.9 Å². The molecular weight excluding hydrogens is 322 g/mol. The van der Waals surface area contributed by atoms with Crippen molar-refractivity contribution in [2.45, 2.75) is 19.5 Å². The Balaban J connectivity index is 0.000000242. The molecule has 25 heavy (non-hydrogen) atoms. The minimum atomic E-state index is -1.26. The summed E-state index contributed by atoms with van der Waals surface area (Å²) in [4.78, 5) is 23.5. The Morgan fingerprint density at radius 2 is 1.88 bits per heavy atom. The summed E-state index contributed by atoms with van der Waals surface area (Å²) in [5.41, 5.74) is 8.14. The molecule has 0 spiro atoms. The van der Waals surface area contributed by atoms with E-state index >= 15 is 0 Å². The number of carboxylic acid groups (broad SMARTS) is 2. The Labute approximate surface area is 144 Å². The third-order valence-electron chi connectivity index (χ3n) is 3.36. The molecule has 2 heterocycles.